The monoisotopic (exact) mass is 132 g/mol. The summed E-state index contributed by atoms with van der Waals surface area (Å²) in [6.45, 7) is 3.83. The Morgan fingerprint density at radius 3 is 2.11 bits per heavy atom. The Morgan fingerprint density at radius 1 is 1.56 bits per heavy atom. The molecular formula is C6H14NO2+. The lowest BCUT2D eigenvalue weighted by Crippen LogP contribution is -2.36. The number of carbonyl (C=O) groups excluding carboxylic acids is 1. The molecule has 0 aliphatic heterocycles. The molecule has 0 aromatic carbocycles. The molecule has 0 spiro atoms. The number of hydrogen-bond acceptors (Lipinski definition) is 2. The molecule has 0 amide bonds. The van der Waals surface area contributed by atoms with Crippen LogP contribution in [0.1, 0.15) is 13.8 Å². The van der Waals surface area contributed by atoms with E-state index in [-0.39, 0.29) is 17.9 Å². The Bertz CT molecular complexity index is 101. The Kier molecular flexibility index (Phi) is 3.24. The summed E-state index contributed by atoms with van der Waals surface area (Å²) in [5, 5.41) is 0. The maximum absolute atomic E-state index is 8.87. The number of nitrogens with two attached hydrogens (primary N) is 1. The van der Waals surface area contributed by atoms with Crippen molar-refractivity contribution < 1.29 is 9.53 Å². The third-order valence-corrected chi connectivity index (χ3v) is 1.21. The van der Waals surface area contributed by atoms with Crippen LogP contribution in [0.3, 0.4) is 0 Å². The minimum Gasteiger partial charge on any atom is -0.338 e. The molecule has 54 valence electrons. The van der Waals surface area contributed by atoms with Gasteiger partial charge >= 0.3 is 5.97 Å². The molecule has 9 heavy (non-hydrogen) atoms. The van der Waals surface area contributed by atoms with Gasteiger partial charge in [-0.2, -0.15) is 0 Å². The minimum atomic E-state index is -0.366. The van der Waals surface area contributed by atoms with Crippen LogP contribution in [0.4, 0.5) is 0 Å². The van der Waals surface area contributed by atoms with Gasteiger partial charge in [-0.1, -0.05) is 13.8 Å². The average Bonchev–Trinajstić information content (AvgIpc) is 1.84. The average molecular weight is 132 g/mol. The predicted molar refractivity (Wildman–Crippen MR) is 36.8 cm³/mol. The first-order chi connectivity index (χ1) is 4.09. The summed E-state index contributed by atoms with van der Waals surface area (Å²) in [6.07, 6.45) is 0. The van der Waals surface area contributed by atoms with E-state index in [2.05, 4.69) is 4.74 Å². The van der Waals surface area contributed by atoms with E-state index >= 15 is 0 Å². The molecule has 3 nitrogen and oxygen atoms in total. The zero-order valence-electron chi connectivity index (χ0n) is 6.09. The third-order valence-electron chi connectivity index (χ3n) is 1.21. The molecule has 0 bridgehead atoms. The zero-order chi connectivity index (χ0) is 7.44. The fraction of sp³-hybridized carbons (Fsp3) is 0.833. The van der Waals surface area contributed by atoms with Gasteiger partial charge in [-0.3, -0.25) is 0 Å². The van der Waals surface area contributed by atoms with Crippen molar-refractivity contribution in [2.45, 2.75) is 19.9 Å². The van der Waals surface area contributed by atoms with Gasteiger partial charge in [0, 0.05) is 0 Å². The SMILES string of the molecule is COC(=[OH+])[C@@H](N)C(C)C. The fourth-order valence-electron chi connectivity index (χ4n) is 0.421. The highest BCUT2D eigenvalue weighted by molar-refractivity contribution is 5.76. The number of esters is 1. The highest BCUT2D eigenvalue weighted by atomic mass is 16.5. The van der Waals surface area contributed by atoms with E-state index in [9.17, 15) is 0 Å². The standard InChI is InChI=1S/C6H13NO2/c1-4(2)5(7)6(8)9-3/h4-5H,7H2,1-3H3/p+1/t5-/m0/s1. The molecule has 0 radical (unpaired) electrons. The summed E-state index contributed by atoms with van der Waals surface area (Å²) >= 11 is 0. The summed E-state index contributed by atoms with van der Waals surface area (Å²) in [4.78, 5) is 8.87. The largest absolute Gasteiger partial charge is 0.500 e. The quantitative estimate of drug-likeness (QED) is 0.428. The maximum atomic E-state index is 8.87. The van der Waals surface area contributed by atoms with Gasteiger partial charge in [0.2, 0.25) is 0 Å². The summed E-state index contributed by atoms with van der Waals surface area (Å²) in [5.41, 5.74) is 5.46. The van der Waals surface area contributed by atoms with Crippen LogP contribution in [-0.4, -0.2) is 23.9 Å². The van der Waals surface area contributed by atoms with Crippen LogP contribution < -0.4 is 5.73 Å². The Labute approximate surface area is 55.2 Å². The van der Waals surface area contributed by atoms with Crippen molar-refractivity contribution in [3.63, 3.8) is 0 Å². The van der Waals surface area contributed by atoms with Crippen molar-refractivity contribution in [2.24, 2.45) is 11.7 Å². The molecule has 0 unspecified atom stereocenters. The first-order valence-corrected chi connectivity index (χ1v) is 2.95. The van der Waals surface area contributed by atoms with E-state index in [1.807, 2.05) is 13.8 Å². The van der Waals surface area contributed by atoms with Crippen molar-refractivity contribution in [1.82, 2.24) is 0 Å². The number of rotatable bonds is 2. The predicted octanol–water partition coefficient (Wildman–Crippen LogP) is 0.118. The molecule has 0 aromatic heterocycles. The van der Waals surface area contributed by atoms with Crippen LogP contribution in [-0.2, 0) is 4.74 Å². The van der Waals surface area contributed by atoms with Gasteiger partial charge in [0.1, 0.15) is 0 Å². The van der Waals surface area contributed by atoms with Gasteiger partial charge < -0.3 is 15.3 Å². The van der Waals surface area contributed by atoms with E-state index in [1.54, 1.807) is 0 Å². The highest BCUT2D eigenvalue weighted by Crippen LogP contribution is 1.98. The van der Waals surface area contributed by atoms with E-state index in [1.165, 1.54) is 7.11 Å². The van der Waals surface area contributed by atoms with E-state index in [0.717, 1.165) is 0 Å². The van der Waals surface area contributed by atoms with Crippen molar-refractivity contribution >= 4 is 5.97 Å². The van der Waals surface area contributed by atoms with Gasteiger partial charge in [-0.25, -0.2) is 0 Å². The second kappa shape index (κ2) is 3.45. The van der Waals surface area contributed by atoms with E-state index in [4.69, 9.17) is 10.5 Å². The van der Waals surface area contributed by atoms with Crippen LogP contribution in [0.2, 0.25) is 0 Å². The lowest BCUT2D eigenvalue weighted by atomic mass is 10.1. The minimum absolute atomic E-state index is 0.0926. The van der Waals surface area contributed by atoms with Gasteiger partial charge in [-0.05, 0) is 5.92 Å². The molecule has 3 N–H and O–H groups in total. The number of hydrogen-bond donors (Lipinski definition) is 1. The molecule has 1 atom stereocenters. The molecule has 0 heterocycles. The topological polar surface area (TPSA) is 56.6 Å². The Balaban J connectivity index is 3.72. The summed E-state index contributed by atoms with van der Waals surface area (Å²) in [5.74, 6) is 0.120. The molecule has 0 aliphatic rings. The highest BCUT2D eigenvalue weighted by Gasteiger charge is 2.24. The van der Waals surface area contributed by atoms with Gasteiger partial charge in [0.25, 0.3) is 0 Å². The molecule has 0 rings (SSSR count). The normalized spacial score (nSPS) is 13.4. The number of methoxy groups -OCH3 is 1. The van der Waals surface area contributed by atoms with Crippen LogP contribution in [0.25, 0.3) is 0 Å². The van der Waals surface area contributed by atoms with Crippen LogP contribution in [0.15, 0.2) is 0 Å². The first kappa shape index (κ1) is 8.43. The third kappa shape index (κ3) is 2.46. The maximum Gasteiger partial charge on any atom is 0.500 e. The second-order valence-corrected chi connectivity index (χ2v) is 2.31. The van der Waals surface area contributed by atoms with Gasteiger partial charge in [0.05, 0.1) is 0 Å². The smallest absolute Gasteiger partial charge is 0.338 e. The summed E-state index contributed by atoms with van der Waals surface area (Å²) < 4.78 is 4.52. The molecular weight excluding hydrogens is 118 g/mol. The van der Waals surface area contributed by atoms with Gasteiger partial charge in [-0.15, -0.1) is 0 Å². The molecule has 0 aromatic rings. The van der Waals surface area contributed by atoms with Crippen LogP contribution in [0, 0.1) is 5.92 Å². The van der Waals surface area contributed by atoms with Crippen molar-refractivity contribution in [3.8, 4) is 0 Å². The fourth-order valence-corrected chi connectivity index (χ4v) is 0.421. The van der Waals surface area contributed by atoms with E-state index < -0.39 is 0 Å². The Morgan fingerprint density at radius 2 is 2.00 bits per heavy atom. The molecule has 0 aliphatic carbocycles. The lowest BCUT2D eigenvalue weighted by Gasteiger charge is -2.05. The second-order valence-electron chi connectivity index (χ2n) is 2.31. The van der Waals surface area contributed by atoms with Gasteiger partial charge in [0.15, 0.2) is 13.2 Å². The first-order valence-electron chi connectivity index (χ1n) is 2.95. The zero-order valence-corrected chi connectivity index (χ0v) is 6.09. The molecule has 0 fully saturated rings. The molecule has 3 heteroatoms. The van der Waals surface area contributed by atoms with Crippen LogP contribution >= 0.6 is 0 Å². The van der Waals surface area contributed by atoms with Crippen LogP contribution in [0.5, 0.6) is 0 Å². The summed E-state index contributed by atoms with van der Waals surface area (Å²) in [7, 11) is 1.40. The van der Waals surface area contributed by atoms with Crippen molar-refractivity contribution in [3.05, 3.63) is 0 Å². The van der Waals surface area contributed by atoms with E-state index in [0.29, 0.717) is 0 Å². The molecule has 0 saturated heterocycles. The number of ether oxygens (including phenoxy) is 1. The van der Waals surface area contributed by atoms with Crippen molar-refractivity contribution in [1.29, 1.82) is 0 Å². The Hall–Kier alpha value is -0.570. The summed E-state index contributed by atoms with van der Waals surface area (Å²) in [6, 6.07) is -0.366. The molecule has 0 saturated carbocycles. The lowest BCUT2D eigenvalue weighted by molar-refractivity contribution is 0.316. The van der Waals surface area contributed by atoms with Crippen molar-refractivity contribution in [2.75, 3.05) is 7.11 Å².